The molecule has 0 aliphatic carbocycles. The molecule has 0 aromatic heterocycles. The fraction of sp³-hybridized carbons (Fsp3) is 0.316. The highest BCUT2D eigenvalue weighted by Gasteiger charge is 2.24. The lowest BCUT2D eigenvalue weighted by Crippen LogP contribution is -2.48. The molecule has 0 saturated carbocycles. The number of ether oxygens (including phenoxy) is 1. The van der Waals surface area contributed by atoms with Gasteiger partial charge < -0.3 is 9.64 Å². The Labute approximate surface area is 151 Å². The molecule has 1 aliphatic heterocycles. The maximum Gasteiger partial charge on any atom is 0.257 e. The van der Waals surface area contributed by atoms with Gasteiger partial charge in [-0.2, -0.15) is 0 Å². The maximum atomic E-state index is 13.9. The van der Waals surface area contributed by atoms with Crippen molar-refractivity contribution in [3.05, 3.63) is 64.4 Å². The molecular weight excluding hydrogens is 343 g/mol. The summed E-state index contributed by atoms with van der Waals surface area (Å²) in [5.74, 6) is 0.245. The zero-order valence-electron chi connectivity index (χ0n) is 14.0. The second-order valence-corrected chi connectivity index (χ2v) is 6.38. The third-order valence-electron chi connectivity index (χ3n) is 4.44. The van der Waals surface area contributed by atoms with Crippen molar-refractivity contribution in [3.63, 3.8) is 0 Å². The molecule has 0 unspecified atom stereocenters. The summed E-state index contributed by atoms with van der Waals surface area (Å²) >= 11 is 6.10. The molecule has 132 valence electrons. The van der Waals surface area contributed by atoms with Crippen LogP contribution in [0.3, 0.4) is 0 Å². The second-order valence-electron chi connectivity index (χ2n) is 5.97. The van der Waals surface area contributed by atoms with Crippen molar-refractivity contribution in [2.45, 2.75) is 6.54 Å². The molecule has 0 bridgehead atoms. The third-order valence-corrected chi connectivity index (χ3v) is 4.79. The lowest BCUT2D eigenvalue weighted by atomic mass is 10.1. The van der Waals surface area contributed by atoms with Gasteiger partial charge in [-0.25, -0.2) is 4.39 Å². The molecular formula is C19H20ClFN2O2. The number of benzene rings is 2. The molecule has 1 aliphatic rings. The van der Waals surface area contributed by atoms with E-state index >= 15 is 0 Å². The van der Waals surface area contributed by atoms with E-state index in [1.54, 1.807) is 36.3 Å². The first-order valence-corrected chi connectivity index (χ1v) is 8.55. The summed E-state index contributed by atoms with van der Waals surface area (Å²) in [6.07, 6.45) is 0. The van der Waals surface area contributed by atoms with Gasteiger partial charge in [0.2, 0.25) is 0 Å². The fourth-order valence-electron chi connectivity index (χ4n) is 3.01. The van der Waals surface area contributed by atoms with Gasteiger partial charge in [0.1, 0.15) is 11.6 Å². The molecule has 1 saturated heterocycles. The van der Waals surface area contributed by atoms with Crippen molar-refractivity contribution >= 4 is 17.5 Å². The number of rotatable bonds is 4. The number of hydrogen-bond donors (Lipinski definition) is 0. The van der Waals surface area contributed by atoms with Crippen molar-refractivity contribution < 1.29 is 13.9 Å². The van der Waals surface area contributed by atoms with Gasteiger partial charge in [0.25, 0.3) is 5.91 Å². The molecule has 1 amide bonds. The lowest BCUT2D eigenvalue weighted by Gasteiger charge is -2.35. The van der Waals surface area contributed by atoms with E-state index in [1.807, 2.05) is 12.1 Å². The Hall–Kier alpha value is -2.11. The van der Waals surface area contributed by atoms with Crippen LogP contribution in [0.2, 0.25) is 5.02 Å². The van der Waals surface area contributed by atoms with Gasteiger partial charge in [0.05, 0.1) is 12.7 Å². The number of hydrogen-bond acceptors (Lipinski definition) is 3. The van der Waals surface area contributed by atoms with Crippen LogP contribution in [0.5, 0.6) is 5.75 Å². The largest absolute Gasteiger partial charge is 0.496 e. The summed E-state index contributed by atoms with van der Waals surface area (Å²) in [5, 5.41) is 0.438. The van der Waals surface area contributed by atoms with Gasteiger partial charge in [-0.3, -0.25) is 9.69 Å². The quantitative estimate of drug-likeness (QED) is 0.835. The van der Waals surface area contributed by atoms with Crippen molar-refractivity contribution in [1.82, 2.24) is 9.80 Å². The van der Waals surface area contributed by atoms with E-state index in [-0.39, 0.29) is 11.7 Å². The van der Waals surface area contributed by atoms with Crippen molar-refractivity contribution in [1.29, 1.82) is 0 Å². The Kier molecular flexibility index (Phi) is 5.56. The number of amides is 1. The van der Waals surface area contributed by atoms with E-state index in [4.69, 9.17) is 16.3 Å². The number of halogens is 2. The molecule has 4 nitrogen and oxygen atoms in total. The predicted octanol–water partition coefficient (Wildman–Crippen LogP) is 3.45. The molecule has 0 spiro atoms. The first-order valence-electron chi connectivity index (χ1n) is 8.17. The zero-order valence-corrected chi connectivity index (χ0v) is 14.8. The van der Waals surface area contributed by atoms with Crippen LogP contribution in [0.4, 0.5) is 4.39 Å². The summed E-state index contributed by atoms with van der Waals surface area (Å²) in [5.41, 5.74) is 1.07. The average Bonchev–Trinajstić information content (AvgIpc) is 2.65. The van der Waals surface area contributed by atoms with E-state index < -0.39 is 0 Å². The van der Waals surface area contributed by atoms with Gasteiger partial charge in [0, 0.05) is 43.3 Å². The maximum absolute atomic E-state index is 13.9. The number of carbonyl (C=O) groups excluding carboxylic acids is 1. The minimum absolute atomic E-state index is 0.0407. The predicted molar refractivity (Wildman–Crippen MR) is 95.6 cm³/mol. The van der Waals surface area contributed by atoms with Crippen molar-refractivity contribution in [2.24, 2.45) is 0 Å². The minimum atomic E-state index is -0.292. The molecule has 2 aromatic rings. The van der Waals surface area contributed by atoms with Crippen LogP contribution in [0, 0.1) is 5.82 Å². The fourth-order valence-corrected chi connectivity index (χ4v) is 3.23. The van der Waals surface area contributed by atoms with Crippen LogP contribution in [-0.4, -0.2) is 49.0 Å². The normalized spacial score (nSPS) is 15.2. The Morgan fingerprint density at radius 3 is 2.52 bits per heavy atom. The average molecular weight is 363 g/mol. The summed E-state index contributed by atoms with van der Waals surface area (Å²) < 4.78 is 19.2. The molecule has 1 fully saturated rings. The first kappa shape index (κ1) is 17.7. The van der Waals surface area contributed by atoms with E-state index in [0.717, 1.165) is 0 Å². The zero-order chi connectivity index (χ0) is 17.8. The Morgan fingerprint density at radius 2 is 1.84 bits per heavy atom. The smallest absolute Gasteiger partial charge is 0.257 e. The Balaban J connectivity index is 1.63. The van der Waals surface area contributed by atoms with Crippen LogP contribution < -0.4 is 4.74 Å². The number of carbonyl (C=O) groups is 1. The van der Waals surface area contributed by atoms with E-state index in [2.05, 4.69) is 4.90 Å². The van der Waals surface area contributed by atoms with Crippen LogP contribution >= 0.6 is 11.6 Å². The standard InChI is InChI=1S/C19H20ClFN2O2/c1-25-18-8-3-2-5-14(18)19(24)23-11-9-22(10-12-23)13-15-16(20)6-4-7-17(15)21/h2-8H,9-13H2,1H3. The van der Waals surface area contributed by atoms with Crippen LogP contribution in [0.25, 0.3) is 0 Å². The summed E-state index contributed by atoms with van der Waals surface area (Å²) in [6, 6.07) is 11.9. The molecule has 0 radical (unpaired) electrons. The molecule has 2 aromatic carbocycles. The van der Waals surface area contributed by atoms with Crippen LogP contribution in [0.1, 0.15) is 15.9 Å². The van der Waals surface area contributed by atoms with Gasteiger partial charge >= 0.3 is 0 Å². The molecule has 0 atom stereocenters. The Morgan fingerprint density at radius 1 is 1.12 bits per heavy atom. The van der Waals surface area contributed by atoms with E-state index in [9.17, 15) is 9.18 Å². The third kappa shape index (κ3) is 3.94. The highest BCUT2D eigenvalue weighted by molar-refractivity contribution is 6.31. The highest BCUT2D eigenvalue weighted by atomic mass is 35.5. The van der Waals surface area contributed by atoms with Crippen molar-refractivity contribution in [3.8, 4) is 5.75 Å². The summed E-state index contributed by atoms with van der Waals surface area (Å²) in [4.78, 5) is 16.6. The van der Waals surface area contributed by atoms with Gasteiger partial charge in [-0.05, 0) is 24.3 Å². The highest BCUT2D eigenvalue weighted by Crippen LogP contribution is 2.23. The van der Waals surface area contributed by atoms with E-state index in [0.29, 0.717) is 54.6 Å². The van der Waals surface area contributed by atoms with Crippen molar-refractivity contribution in [2.75, 3.05) is 33.3 Å². The minimum Gasteiger partial charge on any atom is -0.496 e. The number of methoxy groups -OCH3 is 1. The summed E-state index contributed by atoms with van der Waals surface area (Å²) in [7, 11) is 1.56. The van der Waals surface area contributed by atoms with Crippen LogP contribution in [0.15, 0.2) is 42.5 Å². The topological polar surface area (TPSA) is 32.8 Å². The number of para-hydroxylation sites is 1. The summed E-state index contributed by atoms with van der Waals surface area (Å²) in [6.45, 7) is 2.96. The molecule has 6 heteroatoms. The van der Waals surface area contributed by atoms with Gasteiger partial charge in [-0.15, -0.1) is 0 Å². The van der Waals surface area contributed by atoms with E-state index in [1.165, 1.54) is 6.07 Å². The molecule has 25 heavy (non-hydrogen) atoms. The molecule has 1 heterocycles. The molecule has 3 rings (SSSR count). The second kappa shape index (κ2) is 7.85. The van der Waals surface area contributed by atoms with Gasteiger partial charge in [0.15, 0.2) is 0 Å². The molecule has 0 N–H and O–H groups in total. The SMILES string of the molecule is COc1ccccc1C(=O)N1CCN(Cc2c(F)cccc2Cl)CC1. The number of piperazine rings is 1. The first-order chi connectivity index (χ1) is 12.1. The number of nitrogens with zero attached hydrogens (tertiary/aromatic N) is 2. The van der Waals surface area contributed by atoms with Crippen LogP contribution in [-0.2, 0) is 6.54 Å². The lowest BCUT2D eigenvalue weighted by molar-refractivity contribution is 0.0624. The van der Waals surface area contributed by atoms with Gasteiger partial charge in [-0.1, -0.05) is 29.8 Å². The monoisotopic (exact) mass is 362 g/mol. The Bertz CT molecular complexity index is 741.